The van der Waals surface area contributed by atoms with Crippen molar-refractivity contribution < 1.29 is 9.47 Å². The van der Waals surface area contributed by atoms with E-state index in [0.717, 1.165) is 51.4 Å². The largest absolute Gasteiger partial charge is 0.379 e. The van der Waals surface area contributed by atoms with E-state index in [-0.39, 0.29) is 0 Å². The standard InChI is InChI=1S/C15H31NO2/c1-3-9-16-15-7-5-6-14(15)8-11-18-13-12-17-10-4-2/h14-16H,3-13H2,1-2H3. The smallest absolute Gasteiger partial charge is 0.0700 e. The topological polar surface area (TPSA) is 30.5 Å². The molecule has 108 valence electrons. The van der Waals surface area contributed by atoms with Crippen LogP contribution in [-0.4, -0.2) is 39.0 Å². The second kappa shape index (κ2) is 10.8. The highest BCUT2D eigenvalue weighted by molar-refractivity contribution is 4.82. The zero-order valence-corrected chi connectivity index (χ0v) is 12.2. The zero-order valence-electron chi connectivity index (χ0n) is 12.2. The fourth-order valence-corrected chi connectivity index (χ4v) is 2.68. The summed E-state index contributed by atoms with van der Waals surface area (Å²) >= 11 is 0. The zero-order chi connectivity index (χ0) is 13.1. The van der Waals surface area contributed by atoms with Crippen LogP contribution in [0.5, 0.6) is 0 Å². The summed E-state index contributed by atoms with van der Waals surface area (Å²) in [5.74, 6) is 0.827. The maximum absolute atomic E-state index is 5.64. The van der Waals surface area contributed by atoms with Gasteiger partial charge in [0.25, 0.3) is 0 Å². The first kappa shape index (κ1) is 15.9. The average molecular weight is 257 g/mol. The summed E-state index contributed by atoms with van der Waals surface area (Å²) in [6.07, 6.45) is 7.63. The number of hydrogen-bond acceptors (Lipinski definition) is 3. The third-order valence-corrected chi connectivity index (χ3v) is 3.67. The van der Waals surface area contributed by atoms with Crippen molar-refractivity contribution in [2.24, 2.45) is 5.92 Å². The molecule has 1 saturated carbocycles. The van der Waals surface area contributed by atoms with Gasteiger partial charge in [0, 0.05) is 19.3 Å². The Balaban J connectivity index is 1.97. The third-order valence-electron chi connectivity index (χ3n) is 3.67. The lowest BCUT2D eigenvalue weighted by Gasteiger charge is -2.20. The number of rotatable bonds is 11. The predicted octanol–water partition coefficient (Wildman–Crippen LogP) is 2.99. The Morgan fingerprint density at radius 1 is 0.944 bits per heavy atom. The summed E-state index contributed by atoms with van der Waals surface area (Å²) in [5, 5.41) is 3.67. The minimum absolute atomic E-state index is 0.741. The van der Waals surface area contributed by atoms with Crippen LogP contribution in [0.4, 0.5) is 0 Å². The Morgan fingerprint density at radius 3 is 2.44 bits per heavy atom. The summed E-state index contributed by atoms with van der Waals surface area (Å²) in [6, 6.07) is 0.741. The lowest BCUT2D eigenvalue weighted by Crippen LogP contribution is -2.33. The molecule has 0 aromatic carbocycles. The van der Waals surface area contributed by atoms with E-state index in [9.17, 15) is 0 Å². The highest BCUT2D eigenvalue weighted by atomic mass is 16.5. The lowest BCUT2D eigenvalue weighted by molar-refractivity contribution is 0.0422. The Labute approximate surface area is 113 Å². The van der Waals surface area contributed by atoms with Gasteiger partial charge >= 0.3 is 0 Å². The molecule has 3 heteroatoms. The lowest BCUT2D eigenvalue weighted by atomic mass is 10.00. The number of nitrogens with one attached hydrogen (secondary N) is 1. The second-order valence-electron chi connectivity index (χ2n) is 5.27. The van der Waals surface area contributed by atoms with E-state index >= 15 is 0 Å². The van der Waals surface area contributed by atoms with Gasteiger partial charge in [-0.15, -0.1) is 0 Å². The Hall–Kier alpha value is -0.120. The van der Waals surface area contributed by atoms with Crippen molar-refractivity contribution in [3.05, 3.63) is 0 Å². The van der Waals surface area contributed by atoms with Gasteiger partial charge in [-0.1, -0.05) is 20.3 Å². The summed E-state index contributed by atoms with van der Waals surface area (Å²) < 4.78 is 11.0. The van der Waals surface area contributed by atoms with E-state index in [1.165, 1.54) is 32.1 Å². The molecule has 18 heavy (non-hydrogen) atoms. The van der Waals surface area contributed by atoms with E-state index in [0.29, 0.717) is 0 Å². The van der Waals surface area contributed by atoms with Gasteiger partial charge in [-0.05, 0) is 44.6 Å². The average Bonchev–Trinajstić information content (AvgIpc) is 2.83. The van der Waals surface area contributed by atoms with Crippen molar-refractivity contribution in [3.63, 3.8) is 0 Å². The highest BCUT2D eigenvalue weighted by Crippen LogP contribution is 2.28. The highest BCUT2D eigenvalue weighted by Gasteiger charge is 2.25. The van der Waals surface area contributed by atoms with Gasteiger partial charge in [-0.3, -0.25) is 0 Å². The molecule has 1 N–H and O–H groups in total. The van der Waals surface area contributed by atoms with Crippen molar-refractivity contribution >= 4 is 0 Å². The fraction of sp³-hybridized carbons (Fsp3) is 1.00. The molecule has 0 aromatic rings. The molecule has 1 rings (SSSR count). The molecule has 2 unspecified atom stereocenters. The van der Waals surface area contributed by atoms with E-state index in [2.05, 4.69) is 19.2 Å². The Morgan fingerprint density at radius 2 is 1.72 bits per heavy atom. The van der Waals surface area contributed by atoms with E-state index in [1.807, 2.05) is 0 Å². The van der Waals surface area contributed by atoms with Crippen LogP contribution in [-0.2, 0) is 9.47 Å². The molecular formula is C15H31NO2. The van der Waals surface area contributed by atoms with Gasteiger partial charge in [0.15, 0.2) is 0 Å². The maximum Gasteiger partial charge on any atom is 0.0700 e. The number of ether oxygens (including phenoxy) is 2. The van der Waals surface area contributed by atoms with Crippen LogP contribution in [0.25, 0.3) is 0 Å². The van der Waals surface area contributed by atoms with Crippen molar-refractivity contribution in [1.82, 2.24) is 5.32 Å². The molecule has 0 heterocycles. The van der Waals surface area contributed by atoms with Crippen LogP contribution in [0.2, 0.25) is 0 Å². The summed E-state index contributed by atoms with van der Waals surface area (Å²) in [6.45, 7) is 8.77. The van der Waals surface area contributed by atoms with Gasteiger partial charge < -0.3 is 14.8 Å². The molecular weight excluding hydrogens is 226 g/mol. The van der Waals surface area contributed by atoms with Gasteiger partial charge in [0.2, 0.25) is 0 Å². The predicted molar refractivity (Wildman–Crippen MR) is 76.0 cm³/mol. The molecule has 0 aliphatic heterocycles. The van der Waals surface area contributed by atoms with Crippen molar-refractivity contribution in [3.8, 4) is 0 Å². The SMILES string of the molecule is CCCNC1CCCC1CCOCCOCCC. The first-order valence-electron chi connectivity index (χ1n) is 7.77. The molecule has 1 aliphatic carbocycles. The van der Waals surface area contributed by atoms with Gasteiger partial charge in [-0.25, -0.2) is 0 Å². The van der Waals surface area contributed by atoms with Crippen LogP contribution in [0, 0.1) is 5.92 Å². The van der Waals surface area contributed by atoms with Crippen LogP contribution in [0.1, 0.15) is 52.4 Å². The first-order valence-corrected chi connectivity index (χ1v) is 7.77. The molecule has 2 atom stereocenters. The first-order chi connectivity index (χ1) is 8.88. The van der Waals surface area contributed by atoms with Crippen molar-refractivity contribution in [2.45, 2.75) is 58.4 Å². The van der Waals surface area contributed by atoms with E-state index < -0.39 is 0 Å². The minimum atomic E-state index is 0.741. The van der Waals surface area contributed by atoms with E-state index in [4.69, 9.17) is 9.47 Å². The van der Waals surface area contributed by atoms with Crippen molar-refractivity contribution in [2.75, 3.05) is 33.0 Å². The second-order valence-corrected chi connectivity index (χ2v) is 5.27. The third kappa shape index (κ3) is 6.72. The molecule has 0 amide bonds. The number of hydrogen-bond donors (Lipinski definition) is 1. The molecule has 3 nitrogen and oxygen atoms in total. The molecule has 0 aromatic heterocycles. The summed E-state index contributed by atoms with van der Waals surface area (Å²) in [5.41, 5.74) is 0. The van der Waals surface area contributed by atoms with Gasteiger partial charge in [-0.2, -0.15) is 0 Å². The molecule has 1 aliphatic rings. The van der Waals surface area contributed by atoms with Crippen LogP contribution in [0.15, 0.2) is 0 Å². The van der Waals surface area contributed by atoms with Gasteiger partial charge in [0.1, 0.15) is 0 Å². The maximum atomic E-state index is 5.64. The normalized spacial score (nSPS) is 23.7. The molecule has 0 bridgehead atoms. The van der Waals surface area contributed by atoms with Crippen LogP contribution in [0.3, 0.4) is 0 Å². The Bertz CT molecular complexity index is 187. The molecule has 0 spiro atoms. The summed E-state index contributed by atoms with van der Waals surface area (Å²) in [4.78, 5) is 0. The Kier molecular flexibility index (Phi) is 9.54. The molecule has 0 saturated heterocycles. The van der Waals surface area contributed by atoms with E-state index in [1.54, 1.807) is 0 Å². The van der Waals surface area contributed by atoms with Crippen molar-refractivity contribution in [1.29, 1.82) is 0 Å². The summed E-state index contributed by atoms with van der Waals surface area (Å²) in [7, 11) is 0. The minimum Gasteiger partial charge on any atom is -0.379 e. The van der Waals surface area contributed by atoms with Crippen LogP contribution < -0.4 is 5.32 Å². The molecule has 0 radical (unpaired) electrons. The quantitative estimate of drug-likeness (QED) is 0.577. The van der Waals surface area contributed by atoms with Gasteiger partial charge in [0.05, 0.1) is 13.2 Å². The molecule has 1 fully saturated rings. The fourth-order valence-electron chi connectivity index (χ4n) is 2.68. The van der Waals surface area contributed by atoms with Crippen LogP contribution >= 0.6 is 0 Å². The monoisotopic (exact) mass is 257 g/mol.